The number of carbonyl (C=O) groups is 3. The van der Waals surface area contributed by atoms with Crippen LogP contribution < -0.4 is 0 Å². The maximum atomic E-state index is 13.8. The van der Waals surface area contributed by atoms with Gasteiger partial charge in [-0.1, -0.05) is 35.9 Å². The lowest BCUT2D eigenvalue weighted by Crippen LogP contribution is -2.43. The van der Waals surface area contributed by atoms with Gasteiger partial charge in [0.25, 0.3) is 5.91 Å². The SMILES string of the molecule is CCOC(=O)c1c(C)c(C(=O)[C@H](C)N(Cc2ccc(F)cc2)C(=O)c2ccccc2Cl)c(C)n1C. The minimum Gasteiger partial charge on any atom is -0.461 e. The molecule has 0 N–H and O–H groups in total. The van der Waals surface area contributed by atoms with Crippen LogP contribution in [0.1, 0.15) is 61.9 Å². The number of esters is 1. The van der Waals surface area contributed by atoms with Crippen molar-refractivity contribution in [2.24, 2.45) is 7.05 Å². The van der Waals surface area contributed by atoms with Crippen molar-refractivity contribution in [2.45, 2.75) is 40.3 Å². The third-order valence-corrected chi connectivity index (χ3v) is 6.45. The molecule has 3 rings (SSSR count). The van der Waals surface area contributed by atoms with Crippen LogP contribution >= 0.6 is 11.6 Å². The summed E-state index contributed by atoms with van der Waals surface area (Å²) in [6.45, 7) is 7.06. The van der Waals surface area contributed by atoms with E-state index in [-0.39, 0.29) is 29.5 Å². The van der Waals surface area contributed by atoms with Gasteiger partial charge in [0.15, 0.2) is 5.78 Å². The smallest absolute Gasteiger partial charge is 0.355 e. The van der Waals surface area contributed by atoms with E-state index in [1.807, 2.05) is 0 Å². The minimum absolute atomic E-state index is 0.0624. The first kappa shape index (κ1) is 26.2. The largest absolute Gasteiger partial charge is 0.461 e. The van der Waals surface area contributed by atoms with Crippen LogP contribution in [0.5, 0.6) is 0 Å². The normalized spacial score (nSPS) is 11.7. The van der Waals surface area contributed by atoms with Crippen LogP contribution in [-0.4, -0.2) is 39.8 Å². The standard InChI is InChI=1S/C27H28ClFN2O4/c1-6-35-27(34)24-16(2)23(17(3)30(24)5)25(32)18(4)31(15-19-11-13-20(29)14-12-19)26(33)21-9-7-8-10-22(21)28/h7-14,18H,6,15H2,1-5H3/t18-/m0/s1. The van der Waals surface area contributed by atoms with E-state index in [1.54, 1.807) is 75.7 Å². The number of aromatic nitrogens is 1. The van der Waals surface area contributed by atoms with Gasteiger partial charge >= 0.3 is 5.97 Å². The molecule has 0 saturated heterocycles. The Morgan fingerprint density at radius 1 is 1.09 bits per heavy atom. The molecule has 8 heteroatoms. The molecule has 1 heterocycles. The number of halogens is 2. The Morgan fingerprint density at radius 2 is 1.71 bits per heavy atom. The topological polar surface area (TPSA) is 68.6 Å². The zero-order chi connectivity index (χ0) is 25.9. The van der Waals surface area contributed by atoms with Crippen LogP contribution in [0.15, 0.2) is 48.5 Å². The van der Waals surface area contributed by atoms with Crippen molar-refractivity contribution >= 4 is 29.3 Å². The number of hydrogen-bond donors (Lipinski definition) is 0. The Morgan fingerprint density at radius 3 is 2.31 bits per heavy atom. The monoisotopic (exact) mass is 498 g/mol. The lowest BCUT2D eigenvalue weighted by Gasteiger charge is -2.29. The molecular weight excluding hydrogens is 471 g/mol. The first-order valence-corrected chi connectivity index (χ1v) is 11.6. The summed E-state index contributed by atoms with van der Waals surface area (Å²) >= 11 is 6.29. The number of rotatable bonds is 8. The third kappa shape index (κ3) is 5.30. The maximum absolute atomic E-state index is 13.8. The van der Waals surface area contributed by atoms with E-state index < -0.39 is 23.7 Å². The summed E-state index contributed by atoms with van der Waals surface area (Å²) in [5, 5.41) is 0.262. The van der Waals surface area contributed by atoms with E-state index in [4.69, 9.17) is 16.3 Å². The number of amides is 1. The first-order chi connectivity index (χ1) is 16.6. The quantitative estimate of drug-likeness (QED) is 0.303. The van der Waals surface area contributed by atoms with Crippen molar-refractivity contribution in [3.05, 3.63) is 93.0 Å². The highest BCUT2D eigenvalue weighted by Gasteiger charge is 2.33. The maximum Gasteiger partial charge on any atom is 0.355 e. The highest BCUT2D eigenvalue weighted by atomic mass is 35.5. The molecule has 35 heavy (non-hydrogen) atoms. The van der Waals surface area contributed by atoms with E-state index in [1.165, 1.54) is 17.0 Å². The number of ketones is 1. The van der Waals surface area contributed by atoms with Gasteiger partial charge in [-0.2, -0.15) is 0 Å². The van der Waals surface area contributed by atoms with E-state index in [2.05, 4.69) is 0 Å². The second-order valence-corrected chi connectivity index (χ2v) is 8.70. The Balaban J connectivity index is 2.05. The number of nitrogens with zero attached hydrogens (tertiary/aromatic N) is 2. The Labute approximate surface area is 209 Å². The van der Waals surface area contributed by atoms with E-state index in [0.717, 1.165) is 0 Å². The fourth-order valence-corrected chi connectivity index (χ4v) is 4.36. The van der Waals surface area contributed by atoms with Crippen molar-refractivity contribution in [3.8, 4) is 0 Å². The summed E-state index contributed by atoms with van der Waals surface area (Å²) in [5.41, 5.74) is 2.65. The highest BCUT2D eigenvalue weighted by Crippen LogP contribution is 2.27. The summed E-state index contributed by atoms with van der Waals surface area (Å²) in [5.74, 6) is -1.67. The molecule has 0 aliphatic heterocycles. The molecule has 6 nitrogen and oxygen atoms in total. The molecule has 0 saturated carbocycles. The molecule has 0 aliphatic rings. The molecule has 0 bridgehead atoms. The highest BCUT2D eigenvalue weighted by molar-refractivity contribution is 6.33. The van der Waals surface area contributed by atoms with Crippen molar-refractivity contribution < 1.29 is 23.5 Å². The molecule has 1 aromatic heterocycles. The van der Waals surface area contributed by atoms with E-state index >= 15 is 0 Å². The van der Waals surface area contributed by atoms with E-state index in [9.17, 15) is 18.8 Å². The van der Waals surface area contributed by atoms with Crippen molar-refractivity contribution in [3.63, 3.8) is 0 Å². The van der Waals surface area contributed by atoms with Crippen molar-refractivity contribution in [1.82, 2.24) is 9.47 Å². The summed E-state index contributed by atoms with van der Waals surface area (Å²) in [7, 11) is 1.70. The summed E-state index contributed by atoms with van der Waals surface area (Å²) < 4.78 is 20.3. The Kier molecular flexibility index (Phi) is 8.12. The zero-order valence-corrected chi connectivity index (χ0v) is 21.1. The van der Waals surface area contributed by atoms with Crippen LogP contribution in [0.3, 0.4) is 0 Å². The zero-order valence-electron chi connectivity index (χ0n) is 20.4. The predicted octanol–water partition coefficient (Wildman–Crippen LogP) is 5.52. The van der Waals surface area contributed by atoms with Gasteiger partial charge in [0.1, 0.15) is 11.5 Å². The average Bonchev–Trinajstić information content (AvgIpc) is 3.05. The van der Waals surface area contributed by atoms with Gasteiger partial charge in [0.2, 0.25) is 0 Å². The third-order valence-electron chi connectivity index (χ3n) is 6.12. The van der Waals surface area contributed by atoms with Crippen LogP contribution in [0, 0.1) is 19.7 Å². The molecule has 0 radical (unpaired) electrons. The Hall–Kier alpha value is -3.45. The molecular formula is C27H28ClFN2O4. The van der Waals surface area contributed by atoms with Crippen molar-refractivity contribution in [1.29, 1.82) is 0 Å². The second-order valence-electron chi connectivity index (χ2n) is 8.29. The lowest BCUT2D eigenvalue weighted by atomic mass is 9.98. The van der Waals surface area contributed by atoms with Crippen LogP contribution in [0.25, 0.3) is 0 Å². The van der Waals surface area contributed by atoms with Crippen LogP contribution in [0.4, 0.5) is 4.39 Å². The van der Waals surface area contributed by atoms with E-state index in [0.29, 0.717) is 28.1 Å². The summed E-state index contributed by atoms with van der Waals surface area (Å²) in [6.07, 6.45) is 0. The summed E-state index contributed by atoms with van der Waals surface area (Å²) in [4.78, 5) is 41.3. The van der Waals surface area contributed by atoms with Gasteiger partial charge < -0.3 is 14.2 Å². The minimum atomic E-state index is -0.904. The molecule has 1 atom stereocenters. The molecule has 184 valence electrons. The number of ether oxygens (including phenoxy) is 1. The van der Waals surface area contributed by atoms with Crippen LogP contribution in [-0.2, 0) is 18.3 Å². The summed E-state index contributed by atoms with van der Waals surface area (Å²) in [6, 6.07) is 11.4. The Bertz CT molecular complexity index is 1270. The fourth-order valence-electron chi connectivity index (χ4n) is 4.14. The van der Waals surface area contributed by atoms with Crippen LogP contribution in [0.2, 0.25) is 5.02 Å². The van der Waals surface area contributed by atoms with Gasteiger partial charge in [-0.3, -0.25) is 9.59 Å². The molecule has 0 unspecified atom stereocenters. The number of benzene rings is 2. The van der Waals surface area contributed by atoms with Gasteiger partial charge in [0.05, 0.1) is 23.2 Å². The fraction of sp³-hybridized carbons (Fsp3) is 0.296. The van der Waals surface area contributed by atoms with Crippen molar-refractivity contribution in [2.75, 3.05) is 6.61 Å². The van der Waals surface area contributed by atoms with Gasteiger partial charge in [-0.25, -0.2) is 9.18 Å². The molecule has 0 aliphatic carbocycles. The lowest BCUT2D eigenvalue weighted by molar-refractivity contribution is 0.0513. The van der Waals surface area contributed by atoms with Gasteiger partial charge in [-0.15, -0.1) is 0 Å². The van der Waals surface area contributed by atoms with Gasteiger partial charge in [0, 0.05) is 24.8 Å². The predicted molar refractivity (Wildman–Crippen MR) is 132 cm³/mol. The second kappa shape index (κ2) is 10.9. The molecule has 1 amide bonds. The molecule has 0 spiro atoms. The molecule has 0 fully saturated rings. The average molecular weight is 499 g/mol. The number of hydrogen-bond acceptors (Lipinski definition) is 4. The number of Topliss-reactive ketones (excluding diaryl/α,β-unsaturated/α-hetero) is 1. The molecule has 2 aromatic carbocycles. The first-order valence-electron chi connectivity index (χ1n) is 11.3. The van der Waals surface area contributed by atoms with Gasteiger partial charge in [-0.05, 0) is 63.1 Å². The molecule has 3 aromatic rings. The number of carbonyl (C=O) groups excluding carboxylic acids is 3.